The van der Waals surface area contributed by atoms with E-state index >= 15 is 0 Å². The van der Waals surface area contributed by atoms with Gasteiger partial charge in [0.15, 0.2) is 0 Å². The standard InChI is InChI=1S/C29H39FO/c1-3-5-6-7-8-21-9-10-23-17-24(12-11-22(23)16-21)25-13-14-26-18-27(31-15-4-2)20-29(30)28(26)19-25/h4,13-14,18-24H,2-3,5-12,15-17H2,1H3. The number of hydrogen-bond donors (Lipinski definition) is 0. The fourth-order valence-corrected chi connectivity index (χ4v) is 6.21. The zero-order valence-corrected chi connectivity index (χ0v) is 19.3. The molecule has 31 heavy (non-hydrogen) atoms. The van der Waals surface area contributed by atoms with Gasteiger partial charge in [0.25, 0.3) is 0 Å². The Morgan fingerprint density at radius 1 is 1.00 bits per heavy atom. The molecule has 1 nitrogen and oxygen atoms in total. The van der Waals surface area contributed by atoms with Gasteiger partial charge in [0.05, 0.1) is 0 Å². The van der Waals surface area contributed by atoms with Gasteiger partial charge in [-0.05, 0) is 78.9 Å². The first-order chi connectivity index (χ1) is 15.2. The van der Waals surface area contributed by atoms with Crippen LogP contribution in [0, 0.1) is 23.6 Å². The van der Waals surface area contributed by atoms with Gasteiger partial charge in [-0.3, -0.25) is 0 Å². The van der Waals surface area contributed by atoms with Crippen LogP contribution in [0.1, 0.15) is 89.0 Å². The molecule has 2 aromatic rings. The molecule has 0 amide bonds. The number of unbranched alkanes of at least 4 members (excludes halogenated alkanes) is 3. The highest BCUT2D eigenvalue weighted by Crippen LogP contribution is 2.48. The zero-order valence-electron chi connectivity index (χ0n) is 19.3. The number of ether oxygens (including phenoxy) is 1. The molecular weight excluding hydrogens is 383 g/mol. The highest BCUT2D eigenvalue weighted by Gasteiger charge is 2.35. The third-order valence-corrected chi connectivity index (χ3v) is 7.93. The van der Waals surface area contributed by atoms with Crippen molar-refractivity contribution in [1.29, 1.82) is 0 Å². The third-order valence-electron chi connectivity index (χ3n) is 7.93. The average molecular weight is 423 g/mol. The van der Waals surface area contributed by atoms with E-state index in [1.807, 2.05) is 6.07 Å². The summed E-state index contributed by atoms with van der Waals surface area (Å²) in [7, 11) is 0. The monoisotopic (exact) mass is 422 g/mol. The second kappa shape index (κ2) is 10.7. The Bertz CT molecular complexity index is 872. The molecule has 0 bridgehead atoms. The minimum absolute atomic E-state index is 0.185. The van der Waals surface area contributed by atoms with E-state index in [4.69, 9.17) is 4.74 Å². The van der Waals surface area contributed by atoms with Crippen LogP contribution in [0.2, 0.25) is 0 Å². The smallest absolute Gasteiger partial charge is 0.134 e. The van der Waals surface area contributed by atoms with Crippen LogP contribution in [-0.2, 0) is 0 Å². The molecule has 2 aliphatic carbocycles. The molecule has 168 valence electrons. The van der Waals surface area contributed by atoms with Crippen LogP contribution in [0.3, 0.4) is 0 Å². The molecule has 0 radical (unpaired) electrons. The molecule has 4 rings (SSSR count). The Balaban J connectivity index is 1.38. The van der Waals surface area contributed by atoms with Gasteiger partial charge in [-0.25, -0.2) is 4.39 Å². The molecular formula is C29H39FO. The maximum absolute atomic E-state index is 14.8. The quantitative estimate of drug-likeness (QED) is 0.290. The van der Waals surface area contributed by atoms with Crippen molar-refractivity contribution in [3.8, 4) is 5.75 Å². The first kappa shape index (κ1) is 22.4. The number of benzene rings is 2. The lowest BCUT2D eigenvalue weighted by Crippen LogP contribution is -2.30. The van der Waals surface area contributed by atoms with Crippen molar-refractivity contribution < 1.29 is 9.13 Å². The lowest BCUT2D eigenvalue weighted by atomic mass is 9.63. The van der Waals surface area contributed by atoms with Crippen molar-refractivity contribution in [2.75, 3.05) is 6.61 Å². The third kappa shape index (κ3) is 5.51. The Morgan fingerprint density at radius 2 is 1.84 bits per heavy atom. The van der Waals surface area contributed by atoms with E-state index in [2.05, 4.69) is 31.7 Å². The summed E-state index contributed by atoms with van der Waals surface area (Å²) < 4.78 is 20.3. The van der Waals surface area contributed by atoms with Gasteiger partial charge in [-0.15, -0.1) is 0 Å². The van der Waals surface area contributed by atoms with Crippen molar-refractivity contribution in [3.05, 3.63) is 54.4 Å². The second-order valence-corrected chi connectivity index (χ2v) is 10.0. The van der Waals surface area contributed by atoms with E-state index in [-0.39, 0.29) is 5.82 Å². The van der Waals surface area contributed by atoms with E-state index in [1.165, 1.54) is 82.3 Å². The topological polar surface area (TPSA) is 9.23 Å². The van der Waals surface area contributed by atoms with Crippen LogP contribution in [0.25, 0.3) is 10.8 Å². The van der Waals surface area contributed by atoms with Crippen molar-refractivity contribution in [2.45, 2.75) is 83.5 Å². The van der Waals surface area contributed by atoms with Gasteiger partial charge in [-0.1, -0.05) is 70.2 Å². The van der Waals surface area contributed by atoms with E-state index in [1.54, 1.807) is 6.08 Å². The Kier molecular flexibility index (Phi) is 7.69. The molecule has 0 aromatic heterocycles. The molecule has 0 aliphatic heterocycles. The maximum Gasteiger partial charge on any atom is 0.134 e. The van der Waals surface area contributed by atoms with E-state index in [0.717, 1.165) is 28.5 Å². The molecule has 0 heterocycles. The summed E-state index contributed by atoms with van der Waals surface area (Å²) in [6.07, 6.45) is 16.9. The van der Waals surface area contributed by atoms with Crippen LogP contribution in [0.5, 0.6) is 5.75 Å². The summed E-state index contributed by atoms with van der Waals surface area (Å²) in [5.41, 5.74) is 1.33. The number of rotatable bonds is 9. The molecule has 0 spiro atoms. The summed E-state index contributed by atoms with van der Waals surface area (Å²) in [6.45, 7) is 6.35. The Morgan fingerprint density at radius 3 is 2.68 bits per heavy atom. The fourth-order valence-electron chi connectivity index (χ4n) is 6.21. The largest absolute Gasteiger partial charge is 0.489 e. The number of fused-ring (bicyclic) bond motifs is 2. The number of halogens is 1. The van der Waals surface area contributed by atoms with Crippen LogP contribution < -0.4 is 4.74 Å². The van der Waals surface area contributed by atoms with Gasteiger partial charge in [0, 0.05) is 11.5 Å². The number of hydrogen-bond acceptors (Lipinski definition) is 1. The van der Waals surface area contributed by atoms with Crippen molar-refractivity contribution in [3.63, 3.8) is 0 Å². The molecule has 2 saturated carbocycles. The second-order valence-electron chi connectivity index (χ2n) is 10.0. The van der Waals surface area contributed by atoms with Crippen LogP contribution in [0.4, 0.5) is 4.39 Å². The minimum atomic E-state index is -0.185. The highest BCUT2D eigenvalue weighted by atomic mass is 19.1. The predicted molar refractivity (Wildman–Crippen MR) is 129 cm³/mol. The summed E-state index contributed by atoms with van der Waals surface area (Å²) >= 11 is 0. The summed E-state index contributed by atoms with van der Waals surface area (Å²) in [6, 6.07) is 9.85. The van der Waals surface area contributed by atoms with Crippen molar-refractivity contribution in [1.82, 2.24) is 0 Å². The summed E-state index contributed by atoms with van der Waals surface area (Å²) in [5.74, 6) is 3.76. The molecule has 4 unspecified atom stereocenters. The molecule has 0 saturated heterocycles. The molecule has 4 atom stereocenters. The lowest BCUT2D eigenvalue weighted by molar-refractivity contribution is 0.113. The average Bonchev–Trinajstić information content (AvgIpc) is 2.80. The first-order valence-corrected chi connectivity index (χ1v) is 12.6. The lowest BCUT2D eigenvalue weighted by Gasteiger charge is -2.42. The minimum Gasteiger partial charge on any atom is -0.489 e. The molecule has 2 aromatic carbocycles. The van der Waals surface area contributed by atoms with Gasteiger partial charge in [-0.2, -0.15) is 0 Å². The molecule has 0 N–H and O–H groups in total. The summed E-state index contributed by atoms with van der Waals surface area (Å²) in [5, 5.41) is 1.64. The molecule has 2 aliphatic rings. The summed E-state index contributed by atoms with van der Waals surface area (Å²) in [4.78, 5) is 0. The Hall–Kier alpha value is -1.83. The maximum atomic E-state index is 14.8. The van der Waals surface area contributed by atoms with Gasteiger partial charge in [0.2, 0.25) is 0 Å². The van der Waals surface area contributed by atoms with Gasteiger partial charge >= 0.3 is 0 Å². The van der Waals surface area contributed by atoms with Crippen LogP contribution in [0.15, 0.2) is 43.0 Å². The highest BCUT2D eigenvalue weighted by molar-refractivity contribution is 5.85. The zero-order chi connectivity index (χ0) is 21.6. The van der Waals surface area contributed by atoms with Crippen molar-refractivity contribution in [2.24, 2.45) is 17.8 Å². The SMILES string of the molecule is C=CCOc1cc(F)c2cc(C3CCC4CC(CCCCCC)CCC4C3)ccc2c1. The Labute approximate surface area is 188 Å². The van der Waals surface area contributed by atoms with Crippen molar-refractivity contribution >= 4 is 10.8 Å². The van der Waals surface area contributed by atoms with E-state index in [9.17, 15) is 4.39 Å². The van der Waals surface area contributed by atoms with Crippen LogP contribution >= 0.6 is 0 Å². The fraction of sp³-hybridized carbons (Fsp3) is 0.586. The van der Waals surface area contributed by atoms with E-state index in [0.29, 0.717) is 18.3 Å². The van der Waals surface area contributed by atoms with Gasteiger partial charge in [0.1, 0.15) is 18.2 Å². The molecule has 2 fully saturated rings. The molecule has 2 heteroatoms. The van der Waals surface area contributed by atoms with Gasteiger partial charge < -0.3 is 4.74 Å². The predicted octanol–water partition coefficient (Wildman–Crippen LogP) is 8.81. The first-order valence-electron chi connectivity index (χ1n) is 12.6. The van der Waals surface area contributed by atoms with Crippen LogP contribution in [-0.4, -0.2) is 6.61 Å². The van der Waals surface area contributed by atoms with E-state index < -0.39 is 0 Å². The normalized spacial score (nSPS) is 25.9.